The van der Waals surface area contributed by atoms with Gasteiger partial charge in [0.05, 0.1) is 6.04 Å². The summed E-state index contributed by atoms with van der Waals surface area (Å²) >= 11 is 0. The summed E-state index contributed by atoms with van der Waals surface area (Å²) in [6.07, 6.45) is 0. The summed E-state index contributed by atoms with van der Waals surface area (Å²) in [7, 11) is 0. The SMILES string of the molecule is Cc1ccc(F)cc1C(N)c1cc2cccc(F)c2o1. The molecule has 0 fully saturated rings. The molecule has 0 aliphatic carbocycles. The molecule has 0 radical (unpaired) electrons. The Morgan fingerprint density at radius 2 is 1.90 bits per heavy atom. The van der Waals surface area contributed by atoms with Crippen LogP contribution in [-0.2, 0) is 0 Å². The number of aryl methyl sites for hydroxylation is 1. The molecule has 2 nitrogen and oxygen atoms in total. The minimum absolute atomic E-state index is 0.173. The molecular formula is C16H13F2NO. The molecule has 2 N–H and O–H groups in total. The van der Waals surface area contributed by atoms with Crippen LogP contribution in [0.15, 0.2) is 46.9 Å². The summed E-state index contributed by atoms with van der Waals surface area (Å²) in [5.41, 5.74) is 7.78. The van der Waals surface area contributed by atoms with Gasteiger partial charge in [0.25, 0.3) is 0 Å². The zero-order chi connectivity index (χ0) is 14.3. The molecule has 3 rings (SSSR count). The average molecular weight is 273 g/mol. The Bertz CT molecular complexity index is 779. The Kier molecular flexibility index (Phi) is 3.03. The molecule has 4 heteroatoms. The van der Waals surface area contributed by atoms with Gasteiger partial charge in [0.2, 0.25) is 0 Å². The van der Waals surface area contributed by atoms with Gasteiger partial charge in [-0.1, -0.05) is 18.2 Å². The Balaban J connectivity index is 2.10. The molecule has 0 saturated heterocycles. The van der Waals surface area contributed by atoms with Crippen LogP contribution in [0.2, 0.25) is 0 Å². The topological polar surface area (TPSA) is 39.2 Å². The fourth-order valence-electron chi connectivity index (χ4n) is 2.30. The van der Waals surface area contributed by atoms with Gasteiger partial charge in [-0.15, -0.1) is 0 Å². The zero-order valence-corrected chi connectivity index (χ0v) is 10.9. The van der Waals surface area contributed by atoms with Gasteiger partial charge in [0.15, 0.2) is 11.4 Å². The monoisotopic (exact) mass is 273 g/mol. The van der Waals surface area contributed by atoms with Crippen LogP contribution in [0.4, 0.5) is 8.78 Å². The number of halogens is 2. The van der Waals surface area contributed by atoms with Crippen molar-refractivity contribution < 1.29 is 13.2 Å². The number of hydrogen-bond acceptors (Lipinski definition) is 2. The fraction of sp³-hybridized carbons (Fsp3) is 0.125. The summed E-state index contributed by atoms with van der Waals surface area (Å²) < 4.78 is 32.4. The van der Waals surface area contributed by atoms with Crippen LogP contribution in [0.3, 0.4) is 0 Å². The van der Waals surface area contributed by atoms with Crippen molar-refractivity contribution in [2.24, 2.45) is 5.73 Å². The second-order valence-electron chi connectivity index (χ2n) is 4.79. The quantitative estimate of drug-likeness (QED) is 0.764. The van der Waals surface area contributed by atoms with E-state index in [1.807, 2.05) is 6.92 Å². The van der Waals surface area contributed by atoms with Crippen molar-refractivity contribution >= 4 is 11.0 Å². The molecule has 0 aliphatic rings. The largest absolute Gasteiger partial charge is 0.456 e. The second-order valence-corrected chi connectivity index (χ2v) is 4.79. The minimum Gasteiger partial charge on any atom is -0.456 e. The van der Waals surface area contributed by atoms with E-state index in [-0.39, 0.29) is 11.4 Å². The third-order valence-corrected chi connectivity index (χ3v) is 3.40. The van der Waals surface area contributed by atoms with E-state index in [9.17, 15) is 8.78 Å². The molecule has 1 atom stereocenters. The second kappa shape index (κ2) is 4.72. The molecule has 1 heterocycles. The van der Waals surface area contributed by atoms with Crippen LogP contribution in [0, 0.1) is 18.6 Å². The molecule has 1 aromatic heterocycles. The molecule has 0 aliphatic heterocycles. The van der Waals surface area contributed by atoms with Crippen molar-refractivity contribution in [1.29, 1.82) is 0 Å². The Morgan fingerprint density at radius 3 is 2.65 bits per heavy atom. The minimum atomic E-state index is -0.627. The van der Waals surface area contributed by atoms with Crippen molar-refractivity contribution in [1.82, 2.24) is 0 Å². The number of hydrogen-bond donors (Lipinski definition) is 1. The Hall–Kier alpha value is -2.20. The number of nitrogens with two attached hydrogens (primary N) is 1. The first-order valence-corrected chi connectivity index (χ1v) is 6.26. The van der Waals surface area contributed by atoms with E-state index in [2.05, 4.69) is 0 Å². The van der Waals surface area contributed by atoms with Crippen molar-refractivity contribution in [3.63, 3.8) is 0 Å². The lowest BCUT2D eigenvalue weighted by molar-refractivity contribution is 0.500. The number of rotatable bonds is 2. The van der Waals surface area contributed by atoms with Gasteiger partial charge in [-0.05, 0) is 42.3 Å². The molecule has 1 unspecified atom stereocenters. The van der Waals surface area contributed by atoms with Crippen LogP contribution < -0.4 is 5.73 Å². The molecule has 0 saturated carbocycles. The van der Waals surface area contributed by atoms with E-state index in [0.717, 1.165) is 5.56 Å². The normalized spacial score (nSPS) is 12.8. The zero-order valence-electron chi connectivity index (χ0n) is 10.9. The smallest absolute Gasteiger partial charge is 0.169 e. The van der Waals surface area contributed by atoms with Crippen molar-refractivity contribution in [3.8, 4) is 0 Å². The van der Waals surface area contributed by atoms with Crippen LogP contribution >= 0.6 is 0 Å². The van der Waals surface area contributed by atoms with E-state index >= 15 is 0 Å². The van der Waals surface area contributed by atoms with E-state index in [4.69, 9.17) is 10.2 Å². The van der Waals surface area contributed by atoms with Crippen LogP contribution in [0.5, 0.6) is 0 Å². The Labute approximate surface area is 114 Å². The van der Waals surface area contributed by atoms with Crippen molar-refractivity contribution in [2.75, 3.05) is 0 Å². The summed E-state index contributed by atoms with van der Waals surface area (Å²) in [6.45, 7) is 1.85. The molecule has 102 valence electrons. The first kappa shape index (κ1) is 12.8. The third-order valence-electron chi connectivity index (χ3n) is 3.40. The third kappa shape index (κ3) is 2.08. The maximum Gasteiger partial charge on any atom is 0.169 e. The highest BCUT2D eigenvalue weighted by atomic mass is 19.1. The van der Waals surface area contributed by atoms with Gasteiger partial charge in [0, 0.05) is 5.39 Å². The highest BCUT2D eigenvalue weighted by Crippen LogP contribution is 2.29. The van der Waals surface area contributed by atoms with Crippen molar-refractivity contribution in [2.45, 2.75) is 13.0 Å². The lowest BCUT2D eigenvalue weighted by Gasteiger charge is -2.12. The van der Waals surface area contributed by atoms with Crippen molar-refractivity contribution in [3.05, 3.63) is 71.0 Å². The highest BCUT2D eigenvalue weighted by molar-refractivity contribution is 5.78. The highest BCUT2D eigenvalue weighted by Gasteiger charge is 2.18. The molecule has 20 heavy (non-hydrogen) atoms. The van der Waals surface area contributed by atoms with E-state index in [1.165, 1.54) is 18.2 Å². The lowest BCUT2D eigenvalue weighted by atomic mass is 10.00. The van der Waals surface area contributed by atoms with Crippen LogP contribution in [0.25, 0.3) is 11.0 Å². The standard InChI is InChI=1S/C16H13F2NO/c1-9-5-6-11(17)8-12(9)15(19)14-7-10-3-2-4-13(18)16(10)20-14/h2-8,15H,19H2,1H3. The van der Waals surface area contributed by atoms with Gasteiger partial charge in [-0.25, -0.2) is 8.78 Å². The number of para-hydroxylation sites is 1. The van der Waals surface area contributed by atoms with E-state index in [1.54, 1.807) is 24.3 Å². The lowest BCUT2D eigenvalue weighted by Crippen LogP contribution is -2.12. The number of benzene rings is 2. The maximum atomic E-state index is 13.6. The predicted molar refractivity (Wildman–Crippen MR) is 73.3 cm³/mol. The predicted octanol–water partition coefficient (Wildman–Crippen LogP) is 4.07. The first-order valence-electron chi connectivity index (χ1n) is 6.26. The van der Waals surface area contributed by atoms with Crippen LogP contribution in [-0.4, -0.2) is 0 Å². The molecule has 2 aromatic carbocycles. The molecular weight excluding hydrogens is 260 g/mol. The molecule has 0 bridgehead atoms. The molecule has 3 aromatic rings. The maximum absolute atomic E-state index is 13.6. The van der Waals surface area contributed by atoms with Gasteiger partial charge < -0.3 is 10.2 Å². The van der Waals surface area contributed by atoms with Gasteiger partial charge >= 0.3 is 0 Å². The van der Waals surface area contributed by atoms with Gasteiger partial charge in [-0.2, -0.15) is 0 Å². The number of fused-ring (bicyclic) bond motifs is 1. The summed E-state index contributed by atoms with van der Waals surface area (Å²) in [4.78, 5) is 0. The number of furan rings is 1. The molecule has 0 amide bonds. The average Bonchev–Trinajstić information content (AvgIpc) is 2.86. The summed E-state index contributed by atoms with van der Waals surface area (Å²) in [6, 6.07) is 10.2. The van der Waals surface area contributed by atoms with E-state index in [0.29, 0.717) is 16.7 Å². The first-order chi connectivity index (χ1) is 9.56. The van der Waals surface area contributed by atoms with Gasteiger partial charge in [0.1, 0.15) is 11.6 Å². The van der Waals surface area contributed by atoms with Crippen LogP contribution in [0.1, 0.15) is 22.9 Å². The van der Waals surface area contributed by atoms with E-state index < -0.39 is 11.9 Å². The van der Waals surface area contributed by atoms with Gasteiger partial charge in [-0.3, -0.25) is 0 Å². The fourth-order valence-corrected chi connectivity index (χ4v) is 2.30. The Morgan fingerprint density at radius 1 is 1.10 bits per heavy atom. The molecule has 0 spiro atoms. The summed E-state index contributed by atoms with van der Waals surface area (Å²) in [5.74, 6) is -0.376. The summed E-state index contributed by atoms with van der Waals surface area (Å²) in [5, 5.41) is 0.643.